The zero-order chi connectivity index (χ0) is 60.9. The van der Waals surface area contributed by atoms with Crippen molar-refractivity contribution in [3.8, 4) is 0 Å². The fourth-order valence-corrected chi connectivity index (χ4v) is 8.84. The van der Waals surface area contributed by atoms with Gasteiger partial charge in [-0.1, -0.05) is 102 Å². The zero-order valence-electron chi connectivity index (χ0n) is 46.4. The molecule has 0 unspecified atom stereocenters. The SMILES string of the molecule is CC(=O)c1cn(CC(=O)N(CC(=O)NCc2cccc(Cl)c2F)C(C)C)c2ccc(C(=O)Nc3ccccc3)cc12.CC(=O)c1cn(CC(=O)N(CC(=O)NCc2cccc(Cl)c2F)C(C)C)c2ccccc12.Nc1ccccc1.O=C=O. The normalized spacial score (nSPS) is 10.5. The van der Waals surface area contributed by atoms with E-state index in [2.05, 4.69) is 16.0 Å². The van der Waals surface area contributed by atoms with Gasteiger partial charge in [-0.2, -0.15) is 9.59 Å². The summed E-state index contributed by atoms with van der Waals surface area (Å²) in [6.45, 7) is 9.46. The molecular formula is C62H62Cl2F2N8O9. The Kier molecular flexibility index (Phi) is 24.2. The first kappa shape index (κ1) is 64.5. The maximum atomic E-state index is 14.2. The third-order valence-electron chi connectivity index (χ3n) is 12.7. The number of amides is 5. The highest BCUT2D eigenvalue weighted by atomic mass is 35.5. The number of nitrogens with zero attached hydrogens (tertiary/aromatic N) is 4. The minimum absolute atomic E-state index is 0.0117. The lowest BCUT2D eigenvalue weighted by Gasteiger charge is -2.26. The molecule has 0 fully saturated rings. The van der Waals surface area contributed by atoms with Crippen LogP contribution in [0, 0.1) is 11.6 Å². The molecule has 0 aliphatic heterocycles. The summed E-state index contributed by atoms with van der Waals surface area (Å²) >= 11 is 11.6. The van der Waals surface area contributed by atoms with E-state index in [9.17, 15) is 42.3 Å². The van der Waals surface area contributed by atoms with E-state index < -0.39 is 23.4 Å². The van der Waals surface area contributed by atoms with Gasteiger partial charge in [0.25, 0.3) is 5.91 Å². The van der Waals surface area contributed by atoms with Crippen LogP contribution in [0.25, 0.3) is 21.8 Å². The Morgan fingerprint density at radius 1 is 0.566 bits per heavy atom. The number of nitrogen functional groups attached to an aromatic ring is 1. The maximum absolute atomic E-state index is 14.2. The molecule has 83 heavy (non-hydrogen) atoms. The summed E-state index contributed by atoms with van der Waals surface area (Å²) in [7, 11) is 0. The molecule has 0 saturated carbocycles. The number of aromatic nitrogens is 2. The number of hydrogen-bond acceptors (Lipinski definition) is 10. The fourth-order valence-electron chi connectivity index (χ4n) is 8.46. The van der Waals surface area contributed by atoms with Crippen molar-refractivity contribution in [3.63, 3.8) is 0 Å². The summed E-state index contributed by atoms with van der Waals surface area (Å²) in [6.07, 6.45) is 3.51. The Morgan fingerprint density at radius 3 is 1.42 bits per heavy atom. The third-order valence-corrected chi connectivity index (χ3v) is 13.2. The van der Waals surface area contributed by atoms with Gasteiger partial charge < -0.3 is 40.6 Å². The lowest BCUT2D eigenvalue weighted by molar-refractivity contribution is -0.191. The van der Waals surface area contributed by atoms with Gasteiger partial charge >= 0.3 is 6.15 Å². The van der Waals surface area contributed by atoms with Crippen LogP contribution in [-0.2, 0) is 54.9 Å². The first-order chi connectivity index (χ1) is 39.5. The summed E-state index contributed by atoms with van der Waals surface area (Å²) in [5.74, 6) is -3.28. The molecule has 8 rings (SSSR count). The monoisotopic (exact) mass is 1170 g/mol. The lowest BCUT2D eigenvalue weighted by atomic mass is 10.1. The maximum Gasteiger partial charge on any atom is 0.373 e. The minimum Gasteiger partial charge on any atom is -0.399 e. The Hall–Kier alpha value is -9.29. The number of fused-ring (bicyclic) bond motifs is 2. The van der Waals surface area contributed by atoms with Gasteiger partial charge in [0.1, 0.15) is 24.7 Å². The summed E-state index contributed by atoms with van der Waals surface area (Å²) in [6, 6.07) is 39.4. The molecule has 0 saturated heterocycles. The molecule has 5 amide bonds. The Morgan fingerprint density at radius 2 is 0.988 bits per heavy atom. The molecule has 2 aromatic heterocycles. The van der Waals surface area contributed by atoms with Gasteiger partial charge in [0, 0.05) is 98.6 Å². The Balaban J connectivity index is 0.000000266. The first-order valence-electron chi connectivity index (χ1n) is 25.9. The van der Waals surface area contributed by atoms with Crippen LogP contribution in [0.5, 0.6) is 0 Å². The molecule has 0 radical (unpaired) electrons. The van der Waals surface area contributed by atoms with E-state index in [1.165, 1.54) is 47.9 Å². The van der Waals surface area contributed by atoms with Crippen LogP contribution in [0.2, 0.25) is 10.0 Å². The van der Waals surface area contributed by atoms with Crippen LogP contribution in [0.15, 0.2) is 152 Å². The standard InChI is InChI=1S/C31H30ClFN4O4.C24H25ClFN3O3.C6H7N.CO2/c1-19(2)37(17-28(39)34-15-22-8-7-11-26(32)30(22)33)29(40)18-36-16-25(20(3)38)24-14-21(12-13-27(24)36)31(41)35-23-9-5-4-6-10-23;1-15(2)29(13-22(31)27-11-17-7-6-9-20(25)24(17)26)23(32)14-28-12-19(16(3)30)18-8-4-5-10-21(18)28;7-6-4-2-1-3-5-6;2-1-3/h4-14,16,19H,15,17-18H2,1-3H3,(H,34,39)(H,35,41);4-10,12,15H,11,13-14H2,1-3H3,(H,27,31);1-5H,7H2;. The Bertz CT molecular complexity index is 3640. The second-order valence-electron chi connectivity index (χ2n) is 19.2. The highest BCUT2D eigenvalue weighted by molar-refractivity contribution is 6.31. The Labute approximate surface area is 488 Å². The van der Waals surface area contributed by atoms with Crippen molar-refractivity contribution in [2.75, 3.05) is 24.1 Å². The van der Waals surface area contributed by atoms with Crippen LogP contribution in [0.3, 0.4) is 0 Å². The van der Waals surface area contributed by atoms with Crippen molar-refractivity contribution in [3.05, 3.63) is 201 Å². The fraction of sp³-hybridized carbons (Fsp3) is 0.226. The number of nitrogens with two attached hydrogens (primary N) is 1. The minimum atomic E-state index is -0.604. The van der Waals surface area contributed by atoms with E-state index in [-0.39, 0.29) is 108 Å². The largest absolute Gasteiger partial charge is 0.399 e. The number of carbonyl (C=O) groups excluding carboxylic acids is 9. The zero-order valence-corrected chi connectivity index (χ0v) is 47.9. The van der Waals surface area contributed by atoms with Crippen molar-refractivity contribution in [1.29, 1.82) is 0 Å². The van der Waals surface area contributed by atoms with Crippen LogP contribution < -0.4 is 21.7 Å². The van der Waals surface area contributed by atoms with E-state index in [0.717, 1.165) is 16.6 Å². The first-order valence-corrected chi connectivity index (χ1v) is 26.7. The number of carbonyl (C=O) groups is 7. The molecular weight excluding hydrogens is 1110 g/mol. The van der Waals surface area contributed by atoms with Gasteiger partial charge in [0.2, 0.25) is 23.6 Å². The topological polar surface area (TPSA) is 232 Å². The molecule has 6 aromatic carbocycles. The average Bonchev–Trinajstić information content (AvgIpc) is 4.21. The molecule has 21 heteroatoms. The van der Waals surface area contributed by atoms with Crippen LogP contribution in [0.1, 0.15) is 83.7 Å². The van der Waals surface area contributed by atoms with Crippen molar-refractivity contribution >= 4 is 104 Å². The van der Waals surface area contributed by atoms with E-state index in [4.69, 9.17) is 38.5 Å². The number of halogens is 4. The van der Waals surface area contributed by atoms with Crippen molar-refractivity contribution in [2.24, 2.45) is 0 Å². The summed E-state index contributed by atoms with van der Waals surface area (Å²) in [5, 5.41) is 9.37. The number of para-hydroxylation sites is 3. The van der Waals surface area contributed by atoms with E-state index in [0.29, 0.717) is 33.3 Å². The van der Waals surface area contributed by atoms with Gasteiger partial charge in [0.15, 0.2) is 11.6 Å². The second-order valence-corrected chi connectivity index (χ2v) is 20.0. The van der Waals surface area contributed by atoms with Crippen molar-refractivity contribution in [2.45, 2.75) is 79.8 Å². The van der Waals surface area contributed by atoms with Crippen LogP contribution in [0.4, 0.5) is 20.2 Å². The van der Waals surface area contributed by atoms with Crippen LogP contribution >= 0.6 is 23.2 Å². The number of benzene rings is 6. The second kappa shape index (κ2) is 31.1. The summed E-state index contributed by atoms with van der Waals surface area (Å²) in [4.78, 5) is 108. The molecule has 0 atom stereocenters. The molecule has 8 aromatic rings. The van der Waals surface area contributed by atoms with Gasteiger partial charge in [-0.25, -0.2) is 8.78 Å². The predicted octanol–water partition coefficient (Wildman–Crippen LogP) is 10.3. The highest BCUT2D eigenvalue weighted by Crippen LogP contribution is 2.26. The predicted molar refractivity (Wildman–Crippen MR) is 314 cm³/mol. The van der Waals surface area contributed by atoms with E-state index in [1.54, 1.807) is 77.8 Å². The number of hydrogen-bond donors (Lipinski definition) is 4. The van der Waals surface area contributed by atoms with Gasteiger partial charge in [-0.3, -0.25) is 33.6 Å². The number of anilines is 2. The van der Waals surface area contributed by atoms with E-state index in [1.807, 2.05) is 86.6 Å². The third kappa shape index (κ3) is 18.4. The number of rotatable bonds is 18. The van der Waals surface area contributed by atoms with Gasteiger partial charge in [-0.05, 0) is 102 Å². The van der Waals surface area contributed by atoms with E-state index >= 15 is 0 Å². The smallest absolute Gasteiger partial charge is 0.373 e. The molecule has 5 N–H and O–H groups in total. The molecule has 432 valence electrons. The highest BCUT2D eigenvalue weighted by Gasteiger charge is 2.25. The van der Waals surface area contributed by atoms with Gasteiger partial charge in [-0.15, -0.1) is 0 Å². The summed E-state index contributed by atoms with van der Waals surface area (Å²) in [5.41, 5.74) is 9.99. The molecule has 0 spiro atoms. The molecule has 0 aliphatic rings. The molecule has 17 nitrogen and oxygen atoms in total. The van der Waals surface area contributed by atoms with Crippen LogP contribution in [-0.4, -0.2) is 91.4 Å². The molecule has 2 heterocycles. The lowest BCUT2D eigenvalue weighted by Crippen LogP contribution is -2.45. The quantitative estimate of drug-likeness (QED) is 0.0469. The molecule has 0 aliphatic carbocycles. The number of Topliss-reactive ketones (excluding diaryl/α,β-unsaturated/α-hetero) is 2. The van der Waals surface area contributed by atoms with Crippen molar-refractivity contribution in [1.82, 2.24) is 29.6 Å². The molecule has 0 bridgehead atoms. The van der Waals surface area contributed by atoms with Crippen molar-refractivity contribution < 1.29 is 51.9 Å². The summed E-state index contributed by atoms with van der Waals surface area (Å²) < 4.78 is 31.6. The number of nitrogens with one attached hydrogen (secondary N) is 3. The van der Waals surface area contributed by atoms with Gasteiger partial charge in [0.05, 0.1) is 23.1 Å². The number of ketones is 2. The average molecular weight is 1170 g/mol.